The van der Waals surface area contributed by atoms with Crippen LogP contribution in [0.15, 0.2) is 36.4 Å². The van der Waals surface area contributed by atoms with Crippen LogP contribution < -0.4 is 0 Å². The van der Waals surface area contributed by atoms with Crippen LogP contribution in [0.2, 0.25) is 0 Å². The molecule has 2 rings (SSSR count). The zero-order chi connectivity index (χ0) is 11.1. The molecule has 0 aliphatic carbocycles. The molecule has 0 radical (unpaired) electrons. The predicted octanol–water partition coefficient (Wildman–Crippen LogP) is 4.45. The molecule has 0 aliphatic heterocycles. The third-order valence-electron chi connectivity index (χ3n) is 2.81. The Balaban J connectivity index is 2.83. The van der Waals surface area contributed by atoms with Crippen molar-refractivity contribution in [3.63, 3.8) is 0 Å². The molecule has 15 heavy (non-hydrogen) atoms. The molecule has 0 aliphatic rings. The Morgan fingerprint density at radius 2 is 1.60 bits per heavy atom. The van der Waals surface area contributed by atoms with Crippen LogP contribution in [-0.2, 0) is 5.41 Å². The van der Waals surface area contributed by atoms with Crippen molar-refractivity contribution in [2.45, 2.75) is 33.1 Å². The van der Waals surface area contributed by atoms with Crippen LogP contribution >= 0.6 is 0 Å². The molecule has 0 heteroatoms. The normalized spacial score (nSPS) is 12.0. The smallest absolute Gasteiger partial charge is 0.0126 e. The van der Waals surface area contributed by atoms with Crippen LogP contribution in [0.25, 0.3) is 10.8 Å². The number of rotatable bonds is 0. The van der Waals surface area contributed by atoms with E-state index in [-0.39, 0.29) is 5.41 Å². The lowest BCUT2D eigenvalue weighted by atomic mass is 9.83. The Hall–Kier alpha value is -1.30. The molecule has 0 N–H and O–H groups in total. The van der Waals surface area contributed by atoms with Gasteiger partial charge in [-0.1, -0.05) is 62.7 Å². The van der Waals surface area contributed by atoms with Crippen LogP contribution in [0.5, 0.6) is 0 Å². The van der Waals surface area contributed by atoms with Crippen LogP contribution in [0.3, 0.4) is 0 Å². The summed E-state index contributed by atoms with van der Waals surface area (Å²) in [5.41, 5.74) is 3.00. The standard InChI is InChI=1S/C15H18/c1-11-9-12-7-5-6-8-13(12)14(10-11)15(2,3)4/h5-10H,1-4H3. The Kier molecular flexibility index (Phi) is 2.30. The van der Waals surface area contributed by atoms with E-state index < -0.39 is 0 Å². The highest BCUT2D eigenvalue weighted by Gasteiger charge is 2.16. The minimum Gasteiger partial charge on any atom is -0.0616 e. The summed E-state index contributed by atoms with van der Waals surface area (Å²) >= 11 is 0. The first kappa shape index (κ1) is 10.2. The maximum Gasteiger partial charge on any atom is -0.0126 e. The van der Waals surface area contributed by atoms with Crippen molar-refractivity contribution < 1.29 is 0 Å². The van der Waals surface area contributed by atoms with Crippen molar-refractivity contribution in [2.24, 2.45) is 0 Å². The van der Waals surface area contributed by atoms with Gasteiger partial charge in [-0.05, 0) is 28.7 Å². The second-order valence-corrected chi connectivity index (χ2v) is 5.28. The lowest BCUT2D eigenvalue weighted by Crippen LogP contribution is -2.11. The molecule has 0 aromatic heterocycles. The van der Waals surface area contributed by atoms with Gasteiger partial charge in [0.05, 0.1) is 0 Å². The number of fused-ring (bicyclic) bond motifs is 1. The van der Waals surface area contributed by atoms with E-state index in [9.17, 15) is 0 Å². The maximum absolute atomic E-state index is 2.31. The van der Waals surface area contributed by atoms with Crippen molar-refractivity contribution in [2.75, 3.05) is 0 Å². The average Bonchev–Trinajstić information content (AvgIpc) is 2.15. The minimum absolute atomic E-state index is 0.214. The molecule has 0 amide bonds. The third-order valence-corrected chi connectivity index (χ3v) is 2.81. The Bertz CT molecular complexity index is 487. The summed E-state index contributed by atoms with van der Waals surface area (Å²) in [6, 6.07) is 13.2. The van der Waals surface area contributed by atoms with Gasteiger partial charge in [-0.15, -0.1) is 0 Å². The summed E-state index contributed by atoms with van der Waals surface area (Å²) in [6.07, 6.45) is 0. The van der Waals surface area contributed by atoms with Crippen molar-refractivity contribution in [3.05, 3.63) is 47.5 Å². The molecule has 78 valence electrons. The van der Waals surface area contributed by atoms with Gasteiger partial charge in [0.25, 0.3) is 0 Å². The van der Waals surface area contributed by atoms with Crippen LogP contribution in [0.1, 0.15) is 31.9 Å². The lowest BCUT2D eigenvalue weighted by molar-refractivity contribution is 0.595. The largest absolute Gasteiger partial charge is 0.0616 e. The topological polar surface area (TPSA) is 0 Å². The zero-order valence-corrected chi connectivity index (χ0v) is 9.96. The third kappa shape index (κ3) is 1.90. The quantitative estimate of drug-likeness (QED) is 0.587. The van der Waals surface area contributed by atoms with Gasteiger partial charge in [-0.3, -0.25) is 0 Å². The van der Waals surface area contributed by atoms with Gasteiger partial charge in [0.15, 0.2) is 0 Å². The summed E-state index contributed by atoms with van der Waals surface area (Å²) in [7, 11) is 0. The highest BCUT2D eigenvalue weighted by atomic mass is 14.2. The first-order chi connectivity index (χ1) is 6.98. The van der Waals surface area contributed by atoms with Gasteiger partial charge in [0.2, 0.25) is 0 Å². The van der Waals surface area contributed by atoms with E-state index in [2.05, 4.69) is 64.1 Å². The molecule has 0 spiro atoms. The summed E-state index contributed by atoms with van der Waals surface area (Å²) in [5.74, 6) is 0. The highest BCUT2D eigenvalue weighted by Crippen LogP contribution is 2.30. The molecule has 0 atom stereocenters. The van der Waals surface area contributed by atoms with Crippen LogP contribution in [0.4, 0.5) is 0 Å². The van der Waals surface area contributed by atoms with Gasteiger partial charge < -0.3 is 0 Å². The van der Waals surface area contributed by atoms with Crippen molar-refractivity contribution in [3.8, 4) is 0 Å². The lowest BCUT2D eigenvalue weighted by Gasteiger charge is -2.22. The molecule has 2 aromatic carbocycles. The van der Waals surface area contributed by atoms with Gasteiger partial charge in [-0.2, -0.15) is 0 Å². The van der Waals surface area contributed by atoms with Crippen LogP contribution in [-0.4, -0.2) is 0 Å². The zero-order valence-electron chi connectivity index (χ0n) is 9.96. The van der Waals surface area contributed by atoms with E-state index in [4.69, 9.17) is 0 Å². The van der Waals surface area contributed by atoms with Crippen LogP contribution in [0, 0.1) is 6.92 Å². The highest BCUT2D eigenvalue weighted by molar-refractivity contribution is 5.87. The number of benzene rings is 2. The molecular formula is C15H18. The molecule has 0 nitrogen and oxygen atoms in total. The second-order valence-electron chi connectivity index (χ2n) is 5.28. The molecule has 0 heterocycles. The summed E-state index contributed by atoms with van der Waals surface area (Å²) in [5, 5.41) is 2.73. The Morgan fingerprint density at radius 1 is 0.933 bits per heavy atom. The number of hydrogen-bond acceptors (Lipinski definition) is 0. The Labute approximate surface area is 91.9 Å². The fraction of sp³-hybridized carbons (Fsp3) is 0.333. The van der Waals surface area contributed by atoms with E-state index in [0.717, 1.165) is 0 Å². The molecule has 0 fully saturated rings. The fourth-order valence-corrected chi connectivity index (χ4v) is 2.08. The average molecular weight is 198 g/mol. The Morgan fingerprint density at radius 3 is 2.27 bits per heavy atom. The fourth-order valence-electron chi connectivity index (χ4n) is 2.08. The summed E-state index contributed by atoms with van der Waals surface area (Å²) in [6.45, 7) is 8.98. The van der Waals surface area contributed by atoms with Gasteiger partial charge in [-0.25, -0.2) is 0 Å². The molecule has 0 unspecified atom stereocenters. The van der Waals surface area contributed by atoms with Crippen molar-refractivity contribution in [1.82, 2.24) is 0 Å². The molecule has 2 aromatic rings. The maximum atomic E-state index is 2.31. The molecule has 0 bridgehead atoms. The van der Waals surface area contributed by atoms with Crippen molar-refractivity contribution >= 4 is 10.8 Å². The predicted molar refractivity (Wildman–Crippen MR) is 67.4 cm³/mol. The molecule has 0 saturated carbocycles. The van der Waals surface area contributed by atoms with Gasteiger partial charge in [0, 0.05) is 0 Å². The monoisotopic (exact) mass is 198 g/mol. The number of hydrogen-bond donors (Lipinski definition) is 0. The summed E-state index contributed by atoms with van der Waals surface area (Å²) < 4.78 is 0. The first-order valence-electron chi connectivity index (χ1n) is 5.48. The molecular weight excluding hydrogens is 180 g/mol. The van der Waals surface area contributed by atoms with Gasteiger partial charge >= 0.3 is 0 Å². The van der Waals surface area contributed by atoms with E-state index in [0.29, 0.717) is 0 Å². The van der Waals surface area contributed by atoms with Gasteiger partial charge in [0.1, 0.15) is 0 Å². The SMILES string of the molecule is Cc1cc(C(C)(C)C)c2ccccc2c1. The minimum atomic E-state index is 0.214. The first-order valence-corrected chi connectivity index (χ1v) is 5.48. The number of aryl methyl sites for hydroxylation is 1. The van der Waals surface area contributed by atoms with E-state index in [1.807, 2.05) is 0 Å². The molecule has 0 saturated heterocycles. The second kappa shape index (κ2) is 3.37. The van der Waals surface area contributed by atoms with E-state index in [1.54, 1.807) is 0 Å². The van der Waals surface area contributed by atoms with E-state index >= 15 is 0 Å². The van der Waals surface area contributed by atoms with E-state index in [1.165, 1.54) is 21.9 Å². The summed E-state index contributed by atoms with van der Waals surface area (Å²) in [4.78, 5) is 0. The van der Waals surface area contributed by atoms with Crippen molar-refractivity contribution in [1.29, 1.82) is 0 Å².